The number of aromatic nitrogens is 4. The predicted octanol–water partition coefficient (Wildman–Crippen LogP) is 2.15. The highest BCUT2D eigenvalue weighted by atomic mass is 32.2. The van der Waals surface area contributed by atoms with Crippen molar-refractivity contribution in [2.75, 3.05) is 12.3 Å². The summed E-state index contributed by atoms with van der Waals surface area (Å²) in [6.45, 7) is 0.462. The van der Waals surface area contributed by atoms with Gasteiger partial charge in [-0.3, -0.25) is 14.8 Å². The van der Waals surface area contributed by atoms with Crippen LogP contribution in [-0.4, -0.2) is 44.2 Å². The van der Waals surface area contributed by atoms with Crippen LogP contribution in [-0.2, 0) is 11.2 Å². The van der Waals surface area contributed by atoms with E-state index in [9.17, 15) is 4.79 Å². The molecule has 0 bridgehead atoms. The molecule has 0 saturated heterocycles. The molecule has 1 aromatic carbocycles. The van der Waals surface area contributed by atoms with Crippen molar-refractivity contribution in [2.24, 2.45) is 0 Å². The minimum atomic E-state index is -0.0703. The standard InChI is InChI=1S/C19H17N5O2S/c25-18(12-27-19-22-4-1-5-23-19)24-10-15-9-14-8-13(2-3-17(14)26-15)16-11-20-6-7-21-16/h1-8,11,15H,9-10,12H2,(H,24,25)/t15-/m1/s1. The molecule has 1 N–H and O–H groups in total. The summed E-state index contributed by atoms with van der Waals surface area (Å²) in [5.74, 6) is 1.07. The summed E-state index contributed by atoms with van der Waals surface area (Å²) in [5, 5.41) is 3.50. The molecular formula is C19H17N5O2S. The minimum Gasteiger partial charge on any atom is -0.488 e. The summed E-state index contributed by atoms with van der Waals surface area (Å²) in [6, 6.07) is 7.74. The Morgan fingerprint density at radius 3 is 2.89 bits per heavy atom. The molecular weight excluding hydrogens is 362 g/mol. The first kappa shape index (κ1) is 17.4. The molecule has 7 nitrogen and oxygen atoms in total. The van der Waals surface area contributed by atoms with Gasteiger partial charge in [0.25, 0.3) is 0 Å². The topological polar surface area (TPSA) is 89.9 Å². The van der Waals surface area contributed by atoms with E-state index in [1.807, 2.05) is 12.1 Å². The van der Waals surface area contributed by atoms with E-state index >= 15 is 0 Å². The predicted molar refractivity (Wildman–Crippen MR) is 101 cm³/mol. The number of fused-ring (bicyclic) bond motifs is 1. The third-order valence-corrected chi connectivity index (χ3v) is 4.94. The van der Waals surface area contributed by atoms with E-state index < -0.39 is 0 Å². The van der Waals surface area contributed by atoms with Gasteiger partial charge in [0, 0.05) is 36.8 Å². The first-order valence-corrected chi connectivity index (χ1v) is 9.49. The Morgan fingerprint density at radius 2 is 2.07 bits per heavy atom. The summed E-state index contributed by atoms with van der Waals surface area (Å²) in [6.07, 6.45) is 9.07. The molecule has 8 heteroatoms. The smallest absolute Gasteiger partial charge is 0.230 e. The Kier molecular flexibility index (Phi) is 5.24. The summed E-state index contributed by atoms with van der Waals surface area (Å²) in [5.41, 5.74) is 2.95. The van der Waals surface area contributed by atoms with Gasteiger partial charge in [0.2, 0.25) is 5.91 Å². The largest absolute Gasteiger partial charge is 0.488 e. The van der Waals surface area contributed by atoms with Gasteiger partial charge in [0.15, 0.2) is 5.16 Å². The highest BCUT2D eigenvalue weighted by molar-refractivity contribution is 7.99. The molecule has 0 aliphatic carbocycles. The van der Waals surface area contributed by atoms with Crippen LogP contribution in [0.25, 0.3) is 11.3 Å². The van der Waals surface area contributed by atoms with Gasteiger partial charge in [-0.05, 0) is 29.8 Å². The van der Waals surface area contributed by atoms with Gasteiger partial charge in [-0.15, -0.1) is 0 Å². The molecule has 1 amide bonds. The van der Waals surface area contributed by atoms with Crippen molar-refractivity contribution in [3.8, 4) is 17.0 Å². The van der Waals surface area contributed by atoms with Crippen molar-refractivity contribution in [1.29, 1.82) is 0 Å². The Hall–Kier alpha value is -3.00. The molecule has 136 valence electrons. The summed E-state index contributed by atoms with van der Waals surface area (Å²) in [4.78, 5) is 28.6. The number of hydrogen-bond acceptors (Lipinski definition) is 7. The molecule has 0 spiro atoms. The zero-order chi connectivity index (χ0) is 18.5. The highest BCUT2D eigenvalue weighted by Gasteiger charge is 2.23. The normalized spacial score (nSPS) is 15.0. The number of ether oxygens (including phenoxy) is 1. The third-order valence-electron chi connectivity index (χ3n) is 4.06. The molecule has 1 atom stereocenters. The van der Waals surface area contributed by atoms with Crippen LogP contribution in [0.5, 0.6) is 5.75 Å². The van der Waals surface area contributed by atoms with Gasteiger partial charge in [-0.2, -0.15) is 0 Å². The number of rotatable bonds is 6. The first-order valence-electron chi connectivity index (χ1n) is 8.50. The zero-order valence-corrected chi connectivity index (χ0v) is 15.2. The molecule has 2 aromatic heterocycles. The van der Waals surface area contributed by atoms with E-state index in [2.05, 4.69) is 31.3 Å². The number of carbonyl (C=O) groups excluding carboxylic acids is 1. The number of benzene rings is 1. The van der Waals surface area contributed by atoms with Crippen LogP contribution < -0.4 is 10.1 Å². The van der Waals surface area contributed by atoms with Gasteiger partial charge >= 0.3 is 0 Å². The lowest BCUT2D eigenvalue weighted by molar-refractivity contribution is -0.118. The van der Waals surface area contributed by atoms with Gasteiger partial charge in [-0.1, -0.05) is 11.8 Å². The second-order valence-electron chi connectivity index (χ2n) is 5.98. The van der Waals surface area contributed by atoms with E-state index in [4.69, 9.17) is 4.74 Å². The van der Waals surface area contributed by atoms with E-state index in [1.54, 1.807) is 37.1 Å². The van der Waals surface area contributed by atoms with Gasteiger partial charge < -0.3 is 10.1 Å². The highest BCUT2D eigenvalue weighted by Crippen LogP contribution is 2.32. The maximum Gasteiger partial charge on any atom is 0.230 e. The molecule has 0 saturated carbocycles. The van der Waals surface area contributed by atoms with E-state index in [-0.39, 0.29) is 17.8 Å². The second-order valence-corrected chi connectivity index (χ2v) is 6.92. The van der Waals surface area contributed by atoms with Crippen LogP contribution >= 0.6 is 11.8 Å². The Labute approximate surface area is 160 Å². The molecule has 3 aromatic rings. The van der Waals surface area contributed by atoms with Crippen LogP contribution in [0.1, 0.15) is 5.56 Å². The molecule has 1 aliphatic heterocycles. The number of nitrogens with one attached hydrogen (secondary N) is 1. The van der Waals surface area contributed by atoms with Crippen LogP contribution in [0.3, 0.4) is 0 Å². The van der Waals surface area contributed by atoms with Crippen molar-refractivity contribution in [3.05, 3.63) is 60.8 Å². The van der Waals surface area contributed by atoms with Crippen LogP contribution in [0.2, 0.25) is 0 Å². The van der Waals surface area contributed by atoms with Crippen molar-refractivity contribution < 1.29 is 9.53 Å². The van der Waals surface area contributed by atoms with Gasteiger partial charge in [0.1, 0.15) is 11.9 Å². The van der Waals surface area contributed by atoms with Crippen molar-refractivity contribution in [2.45, 2.75) is 17.7 Å². The fourth-order valence-corrected chi connectivity index (χ4v) is 3.44. The fourth-order valence-electron chi connectivity index (χ4n) is 2.81. The van der Waals surface area contributed by atoms with Gasteiger partial charge in [-0.25, -0.2) is 9.97 Å². The number of nitrogens with zero attached hydrogens (tertiary/aromatic N) is 4. The third kappa shape index (κ3) is 4.40. The molecule has 27 heavy (non-hydrogen) atoms. The van der Waals surface area contributed by atoms with Gasteiger partial charge in [0.05, 0.1) is 24.2 Å². The quantitative estimate of drug-likeness (QED) is 0.518. The maximum absolute atomic E-state index is 12.0. The molecule has 1 aliphatic rings. The van der Waals surface area contributed by atoms with Crippen molar-refractivity contribution in [1.82, 2.24) is 25.3 Å². The van der Waals surface area contributed by atoms with E-state index in [0.29, 0.717) is 11.7 Å². The average Bonchev–Trinajstić information content (AvgIpc) is 3.14. The second kappa shape index (κ2) is 8.13. The molecule has 4 rings (SSSR count). The number of carbonyl (C=O) groups is 1. The van der Waals surface area contributed by atoms with Crippen molar-refractivity contribution in [3.63, 3.8) is 0 Å². The Bertz CT molecular complexity index is 924. The van der Waals surface area contributed by atoms with E-state index in [1.165, 1.54) is 11.8 Å². The van der Waals surface area contributed by atoms with Crippen LogP contribution in [0.15, 0.2) is 60.4 Å². The first-order chi connectivity index (χ1) is 13.3. The fraction of sp³-hybridized carbons (Fsp3) is 0.211. The molecule has 0 fully saturated rings. The Balaban J connectivity index is 1.29. The lowest BCUT2D eigenvalue weighted by Gasteiger charge is -2.11. The number of amides is 1. The SMILES string of the molecule is O=C(CSc1ncccn1)NC[C@H]1Cc2cc(-c3cnccn3)ccc2O1. The van der Waals surface area contributed by atoms with Crippen LogP contribution in [0, 0.1) is 0 Å². The number of hydrogen-bond donors (Lipinski definition) is 1. The zero-order valence-electron chi connectivity index (χ0n) is 14.4. The lowest BCUT2D eigenvalue weighted by Crippen LogP contribution is -2.35. The van der Waals surface area contributed by atoms with Crippen molar-refractivity contribution >= 4 is 17.7 Å². The Morgan fingerprint density at radius 1 is 1.19 bits per heavy atom. The molecule has 0 radical (unpaired) electrons. The number of thioether (sulfide) groups is 1. The lowest BCUT2D eigenvalue weighted by atomic mass is 10.0. The summed E-state index contributed by atoms with van der Waals surface area (Å²) >= 11 is 1.31. The summed E-state index contributed by atoms with van der Waals surface area (Å²) < 4.78 is 5.93. The van der Waals surface area contributed by atoms with E-state index in [0.717, 1.165) is 29.0 Å². The average molecular weight is 379 g/mol. The maximum atomic E-state index is 12.0. The molecule has 0 unspecified atom stereocenters. The van der Waals surface area contributed by atoms with Crippen LogP contribution in [0.4, 0.5) is 0 Å². The summed E-state index contributed by atoms with van der Waals surface area (Å²) in [7, 11) is 0. The minimum absolute atomic E-state index is 0.0627. The monoisotopic (exact) mass is 379 g/mol. The molecule has 3 heterocycles.